The van der Waals surface area contributed by atoms with Crippen LogP contribution in [0.15, 0.2) is 24.4 Å². The fourth-order valence-corrected chi connectivity index (χ4v) is 1.63. The van der Waals surface area contributed by atoms with Crippen molar-refractivity contribution >= 4 is 22.5 Å². The molecule has 0 spiro atoms. The highest BCUT2D eigenvalue weighted by Crippen LogP contribution is 2.18. The second kappa shape index (κ2) is 3.98. The molecule has 1 heterocycles. The SMILES string of the molecule is NCCCn1ncc2ccc(Cl)cc21. The minimum Gasteiger partial charge on any atom is -0.330 e. The van der Waals surface area contributed by atoms with Crippen molar-refractivity contribution < 1.29 is 0 Å². The molecule has 0 aliphatic rings. The van der Waals surface area contributed by atoms with Crippen LogP contribution >= 0.6 is 11.6 Å². The van der Waals surface area contributed by atoms with Crippen molar-refractivity contribution in [1.82, 2.24) is 9.78 Å². The first-order valence-electron chi connectivity index (χ1n) is 4.62. The fraction of sp³-hybridized carbons (Fsp3) is 0.300. The lowest BCUT2D eigenvalue weighted by molar-refractivity contribution is 0.602. The van der Waals surface area contributed by atoms with Crippen LogP contribution in [0.25, 0.3) is 10.9 Å². The summed E-state index contributed by atoms with van der Waals surface area (Å²) in [7, 11) is 0. The van der Waals surface area contributed by atoms with Gasteiger partial charge in [0.05, 0.1) is 11.7 Å². The largest absolute Gasteiger partial charge is 0.330 e. The minimum atomic E-state index is 0.682. The van der Waals surface area contributed by atoms with E-state index < -0.39 is 0 Å². The zero-order valence-corrected chi connectivity index (χ0v) is 8.54. The molecule has 1 aromatic heterocycles. The number of rotatable bonds is 3. The predicted octanol–water partition coefficient (Wildman–Crippen LogP) is 2.04. The molecule has 0 amide bonds. The average molecular weight is 210 g/mol. The van der Waals surface area contributed by atoms with Gasteiger partial charge in [0.2, 0.25) is 0 Å². The molecule has 14 heavy (non-hydrogen) atoms. The quantitative estimate of drug-likeness (QED) is 0.841. The molecule has 0 atom stereocenters. The molecule has 2 aromatic rings. The molecule has 0 aliphatic carbocycles. The Morgan fingerprint density at radius 1 is 1.43 bits per heavy atom. The molecule has 1 aromatic carbocycles. The first-order chi connectivity index (χ1) is 6.81. The van der Waals surface area contributed by atoms with Crippen LogP contribution in [0, 0.1) is 0 Å². The van der Waals surface area contributed by atoms with Crippen LogP contribution in [-0.2, 0) is 6.54 Å². The summed E-state index contributed by atoms with van der Waals surface area (Å²) in [6, 6.07) is 5.78. The smallest absolute Gasteiger partial charge is 0.0697 e. The van der Waals surface area contributed by atoms with Crippen LogP contribution in [0.2, 0.25) is 5.02 Å². The summed E-state index contributed by atoms with van der Waals surface area (Å²) < 4.78 is 1.94. The molecule has 0 saturated carbocycles. The highest BCUT2D eigenvalue weighted by molar-refractivity contribution is 6.31. The second-order valence-electron chi connectivity index (χ2n) is 3.21. The molecule has 4 heteroatoms. The van der Waals surface area contributed by atoms with Crippen molar-refractivity contribution in [2.24, 2.45) is 5.73 Å². The van der Waals surface area contributed by atoms with E-state index in [1.807, 2.05) is 29.1 Å². The van der Waals surface area contributed by atoms with Crippen LogP contribution in [0.5, 0.6) is 0 Å². The van der Waals surface area contributed by atoms with Gasteiger partial charge in [-0.15, -0.1) is 0 Å². The van der Waals surface area contributed by atoms with Gasteiger partial charge in [-0.3, -0.25) is 4.68 Å². The number of hydrogen-bond acceptors (Lipinski definition) is 2. The first kappa shape index (κ1) is 9.49. The molecule has 0 fully saturated rings. The van der Waals surface area contributed by atoms with Crippen LogP contribution in [0.4, 0.5) is 0 Å². The van der Waals surface area contributed by atoms with Gasteiger partial charge in [-0.2, -0.15) is 5.10 Å². The maximum Gasteiger partial charge on any atom is 0.0697 e. The Bertz CT molecular complexity index is 436. The van der Waals surface area contributed by atoms with E-state index in [1.54, 1.807) is 0 Å². The van der Waals surface area contributed by atoms with Gasteiger partial charge in [0.15, 0.2) is 0 Å². The lowest BCUT2D eigenvalue weighted by Crippen LogP contribution is -2.06. The van der Waals surface area contributed by atoms with Crippen molar-refractivity contribution in [1.29, 1.82) is 0 Å². The van der Waals surface area contributed by atoms with E-state index in [4.69, 9.17) is 17.3 Å². The molecule has 0 aliphatic heterocycles. The van der Waals surface area contributed by atoms with Gasteiger partial charge in [-0.25, -0.2) is 0 Å². The first-order valence-corrected chi connectivity index (χ1v) is 5.00. The summed E-state index contributed by atoms with van der Waals surface area (Å²) >= 11 is 5.92. The molecular weight excluding hydrogens is 198 g/mol. The molecule has 0 unspecified atom stereocenters. The Morgan fingerprint density at radius 3 is 3.07 bits per heavy atom. The highest BCUT2D eigenvalue weighted by Gasteiger charge is 2.01. The third-order valence-corrected chi connectivity index (χ3v) is 2.42. The van der Waals surface area contributed by atoms with E-state index in [-0.39, 0.29) is 0 Å². The maximum absolute atomic E-state index is 5.92. The number of aromatic nitrogens is 2. The fourth-order valence-electron chi connectivity index (χ4n) is 1.46. The Kier molecular flexibility index (Phi) is 2.70. The number of benzene rings is 1. The van der Waals surface area contributed by atoms with Crippen molar-refractivity contribution in [3.05, 3.63) is 29.4 Å². The van der Waals surface area contributed by atoms with E-state index in [9.17, 15) is 0 Å². The lowest BCUT2D eigenvalue weighted by atomic mass is 10.2. The van der Waals surface area contributed by atoms with Gasteiger partial charge < -0.3 is 5.73 Å². The molecule has 0 radical (unpaired) electrons. The summed E-state index contributed by atoms with van der Waals surface area (Å²) in [5.41, 5.74) is 6.53. The summed E-state index contributed by atoms with van der Waals surface area (Å²) in [4.78, 5) is 0. The summed E-state index contributed by atoms with van der Waals surface area (Å²) in [6.45, 7) is 1.53. The molecular formula is C10H12ClN3. The molecule has 2 rings (SSSR count). The van der Waals surface area contributed by atoms with Gasteiger partial charge in [-0.1, -0.05) is 11.6 Å². The van der Waals surface area contributed by atoms with Gasteiger partial charge in [0, 0.05) is 17.0 Å². The maximum atomic E-state index is 5.92. The zero-order chi connectivity index (χ0) is 9.97. The normalized spacial score (nSPS) is 11.0. The molecule has 3 nitrogen and oxygen atoms in total. The Balaban J connectivity index is 2.40. The van der Waals surface area contributed by atoms with Crippen molar-refractivity contribution in [2.45, 2.75) is 13.0 Å². The molecule has 0 bridgehead atoms. The Morgan fingerprint density at radius 2 is 2.29 bits per heavy atom. The Labute approximate surface area is 87.5 Å². The number of nitrogens with two attached hydrogens (primary N) is 1. The number of nitrogens with zero attached hydrogens (tertiary/aromatic N) is 2. The number of hydrogen-bond donors (Lipinski definition) is 1. The van der Waals surface area contributed by atoms with Crippen molar-refractivity contribution in [3.63, 3.8) is 0 Å². The predicted molar refractivity (Wildman–Crippen MR) is 58.4 cm³/mol. The van der Waals surface area contributed by atoms with Crippen LogP contribution < -0.4 is 5.73 Å². The second-order valence-corrected chi connectivity index (χ2v) is 3.65. The highest BCUT2D eigenvalue weighted by atomic mass is 35.5. The standard InChI is InChI=1S/C10H12ClN3/c11-9-3-2-8-7-13-14(5-1-4-12)10(8)6-9/h2-3,6-7H,1,4-5,12H2. The Hall–Kier alpha value is -1.06. The van der Waals surface area contributed by atoms with E-state index >= 15 is 0 Å². The minimum absolute atomic E-state index is 0.682. The van der Waals surface area contributed by atoms with Crippen LogP contribution in [-0.4, -0.2) is 16.3 Å². The van der Waals surface area contributed by atoms with Gasteiger partial charge in [0.1, 0.15) is 0 Å². The van der Waals surface area contributed by atoms with Crippen LogP contribution in [0.1, 0.15) is 6.42 Å². The van der Waals surface area contributed by atoms with Gasteiger partial charge >= 0.3 is 0 Å². The average Bonchev–Trinajstić information content (AvgIpc) is 2.57. The third-order valence-electron chi connectivity index (χ3n) is 2.18. The third kappa shape index (κ3) is 1.74. The molecule has 74 valence electrons. The molecule has 2 N–H and O–H groups in total. The monoisotopic (exact) mass is 209 g/mol. The lowest BCUT2D eigenvalue weighted by Gasteiger charge is -2.01. The van der Waals surface area contributed by atoms with E-state index in [0.717, 1.165) is 28.9 Å². The zero-order valence-electron chi connectivity index (χ0n) is 7.78. The van der Waals surface area contributed by atoms with Gasteiger partial charge in [-0.05, 0) is 31.2 Å². The van der Waals surface area contributed by atoms with Crippen molar-refractivity contribution in [3.8, 4) is 0 Å². The number of aryl methyl sites for hydroxylation is 1. The van der Waals surface area contributed by atoms with E-state index in [0.29, 0.717) is 6.54 Å². The van der Waals surface area contributed by atoms with Gasteiger partial charge in [0.25, 0.3) is 0 Å². The van der Waals surface area contributed by atoms with Crippen molar-refractivity contribution in [2.75, 3.05) is 6.54 Å². The number of halogens is 1. The van der Waals surface area contributed by atoms with Crippen LogP contribution in [0.3, 0.4) is 0 Å². The number of fused-ring (bicyclic) bond motifs is 1. The summed E-state index contributed by atoms with van der Waals surface area (Å²) in [5, 5.41) is 6.14. The summed E-state index contributed by atoms with van der Waals surface area (Å²) in [5.74, 6) is 0. The van der Waals surface area contributed by atoms with E-state index in [2.05, 4.69) is 5.10 Å². The topological polar surface area (TPSA) is 43.8 Å². The summed E-state index contributed by atoms with van der Waals surface area (Å²) in [6.07, 6.45) is 2.78. The van der Waals surface area contributed by atoms with E-state index in [1.165, 1.54) is 0 Å². The molecule has 0 saturated heterocycles.